The number of ether oxygens (including phenoxy) is 1. The highest BCUT2D eigenvalue weighted by Crippen LogP contribution is 2.19. The van der Waals surface area contributed by atoms with E-state index in [9.17, 15) is 4.79 Å². The average Bonchev–Trinajstić information content (AvgIpc) is 2.36. The van der Waals surface area contributed by atoms with Crippen LogP contribution < -0.4 is 16.2 Å². The SMILES string of the molecule is CCN(CC)CCOc1ccc(N)c(C(N)=O)c1. The largest absolute Gasteiger partial charge is 0.492 e. The number of carbonyl (C=O) groups excluding carboxylic acids is 1. The van der Waals surface area contributed by atoms with E-state index >= 15 is 0 Å². The van der Waals surface area contributed by atoms with Gasteiger partial charge in [-0.25, -0.2) is 0 Å². The third-order valence-electron chi connectivity index (χ3n) is 2.86. The lowest BCUT2D eigenvalue weighted by Crippen LogP contribution is -2.27. The van der Waals surface area contributed by atoms with Gasteiger partial charge in [-0.2, -0.15) is 0 Å². The normalized spacial score (nSPS) is 10.6. The Balaban J connectivity index is 2.58. The number of likely N-dealkylation sites (N-methyl/N-ethyl adjacent to an activating group) is 1. The highest BCUT2D eigenvalue weighted by molar-refractivity contribution is 5.98. The van der Waals surface area contributed by atoms with Crippen molar-refractivity contribution in [1.82, 2.24) is 4.90 Å². The Morgan fingerprint density at radius 1 is 1.33 bits per heavy atom. The summed E-state index contributed by atoms with van der Waals surface area (Å²) in [6.45, 7) is 7.63. The molecule has 5 nitrogen and oxygen atoms in total. The minimum absolute atomic E-state index is 0.301. The minimum Gasteiger partial charge on any atom is -0.492 e. The zero-order chi connectivity index (χ0) is 13.5. The fraction of sp³-hybridized carbons (Fsp3) is 0.462. The monoisotopic (exact) mass is 251 g/mol. The summed E-state index contributed by atoms with van der Waals surface area (Å²) in [4.78, 5) is 13.4. The van der Waals surface area contributed by atoms with Crippen LogP contribution in [0.4, 0.5) is 5.69 Å². The Kier molecular flexibility index (Phi) is 5.45. The van der Waals surface area contributed by atoms with E-state index in [1.165, 1.54) is 0 Å². The number of amides is 1. The fourth-order valence-corrected chi connectivity index (χ4v) is 1.67. The van der Waals surface area contributed by atoms with Gasteiger partial charge in [0.15, 0.2) is 0 Å². The Hall–Kier alpha value is -1.75. The number of rotatable bonds is 7. The van der Waals surface area contributed by atoms with Crippen LogP contribution in [0.25, 0.3) is 0 Å². The van der Waals surface area contributed by atoms with Crippen LogP contribution in [0, 0.1) is 0 Å². The van der Waals surface area contributed by atoms with Crippen molar-refractivity contribution in [3.63, 3.8) is 0 Å². The molecule has 5 heteroatoms. The molecule has 0 unspecified atom stereocenters. The lowest BCUT2D eigenvalue weighted by Gasteiger charge is -2.18. The van der Waals surface area contributed by atoms with Gasteiger partial charge in [0.25, 0.3) is 5.91 Å². The highest BCUT2D eigenvalue weighted by atomic mass is 16.5. The summed E-state index contributed by atoms with van der Waals surface area (Å²) in [6.07, 6.45) is 0. The van der Waals surface area contributed by atoms with Crippen molar-refractivity contribution in [2.45, 2.75) is 13.8 Å². The molecule has 0 atom stereocenters. The first kappa shape index (κ1) is 14.3. The van der Waals surface area contributed by atoms with E-state index in [0.717, 1.165) is 19.6 Å². The van der Waals surface area contributed by atoms with Crippen LogP contribution in [0.2, 0.25) is 0 Å². The van der Waals surface area contributed by atoms with Gasteiger partial charge in [-0.05, 0) is 31.3 Å². The first-order valence-corrected chi connectivity index (χ1v) is 6.13. The summed E-state index contributed by atoms with van der Waals surface area (Å²) < 4.78 is 5.58. The van der Waals surface area contributed by atoms with Crippen LogP contribution in [0.3, 0.4) is 0 Å². The molecule has 1 rings (SSSR count). The molecule has 0 aromatic heterocycles. The number of nitrogens with two attached hydrogens (primary N) is 2. The Bertz CT molecular complexity index is 403. The van der Waals surface area contributed by atoms with E-state index in [-0.39, 0.29) is 0 Å². The zero-order valence-corrected chi connectivity index (χ0v) is 11.0. The molecule has 0 aliphatic carbocycles. The predicted octanol–water partition coefficient (Wildman–Crippen LogP) is 1.09. The summed E-state index contributed by atoms with van der Waals surface area (Å²) in [6, 6.07) is 4.96. The van der Waals surface area contributed by atoms with Gasteiger partial charge < -0.3 is 21.1 Å². The zero-order valence-electron chi connectivity index (χ0n) is 11.0. The van der Waals surface area contributed by atoms with Crippen LogP contribution in [-0.4, -0.2) is 37.0 Å². The van der Waals surface area contributed by atoms with Crippen molar-refractivity contribution >= 4 is 11.6 Å². The van der Waals surface area contributed by atoms with Crippen LogP contribution in [0.5, 0.6) is 5.75 Å². The van der Waals surface area contributed by atoms with Crippen molar-refractivity contribution in [1.29, 1.82) is 0 Å². The van der Waals surface area contributed by atoms with Crippen LogP contribution >= 0.6 is 0 Å². The second-order valence-electron chi connectivity index (χ2n) is 3.99. The van der Waals surface area contributed by atoms with Crippen molar-refractivity contribution in [3.05, 3.63) is 23.8 Å². The van der Waals surface area contributed by atoms with Crippen molar-refractivity contribution in [2.75, 3.05) is 32.0 Å². The van der Waals surface area contributed by atoms with Crippen LogP contribution in [-0.2, 0) is 0 Å². The maximum Gasteiger partial charge on any atom is 0.250 e. The summed E-state index contributed by atoms with van der Waals surface area (Å²) in [5.74, 6) is 0.0758. The van der Waals surface area contributed by atoms with Gasteiger partial charge in [0.2, 0.25) is 0 Å². The van der Waals surface area contributed by atoms with Crippen LogP contribution in [0.15, 0.2) is 18.2 Å². The maximum atomic E-state index is 11.1. The standard InChI is InChI=1S/C13H21N3O2/c1-3-16(4-2)7-8-18-10-5-6-12(14)11(9-10)13(15)17/h5-6,9H,3-4,7-8,14H2,1-2H3,(H2,15,17). The first-order valence-electron chi connectivity index (χ1n) is 6.13. The Labute approximate surface area is 108 Å². The number of anilines is 1. The third kappa shape index (κ3) is 3.92. The smallest absolute Gasteiger partial charge is 0.250 e. The number of primary amides is 1. The molecule has 1 amide bonds. The number of carbonyl (C=O) groups is 1. The topological polar surface area (TPSA) is 81.6 Å². The molecule has 0 fully saturated rings. The molecule has 0 radical (unpaired) electrons. The summed E-state index contributed by atoms with van der Waals surface area (Å²) in [7, 11) is 0. The van der Waals surface area contributed by atoms with E-state index in [4.69, 9.17) is 16.2 Å². The lowest BCUT2D eigenvalue weighted by atomic mass is 10.1. The Morgan fingerprint density at radius 2 is 2.00 bits per heavy atom. The van der Waals surface area contributed by atoms with E-state index in [2.05, 4.69) is 18.7 Å². The number of hydrogen-bond donors (Lipinski definition) is 2. The van der Waals surface area contributed by atoms with Gasteiger partial charge in [0.05, 0.1) is 5.56 Å². The van der Waals surface area contributed by atoms with Gasteiger partial charge in [0, 0.05) is 12.2 Å². The van der Waals surface area contributed by atoms with E-state index in [1.54, 1.807) is 18.2 Å². The molecule has 1 aromatic rings. The van der Waals surface area contributed by atoms with Crippen molar-refractivity contribution in [2.24, 2.45) is 5.73 Å². The fourth-order valence-electron chi connectivity index (χ4n) is 1.67. The Morgan fingerprint density at radius 3 is 2.56 bits per heavy atom. The van der Waals surface area contributed by atoms with Crippen molar-refractivity contribution < 1.29 is 9.53 Å². The average molecular weight is 251 g/mol. The summed E-state index contributed by atoms with van der Waals surface area (Å²) in [5.41, 5.74) is 11.5. The van der Waals surface area contributed by atoms with Gasteiger partial charge in [-0.3, -0.25) is 4.79 Å². The quantitative estimate of drug-likeness (QED) is 0.711. The predicted molar refractivity (Wildman–Crippen MR) is 72.7 cm³/mol. The number of nitrogens with zero attached hydrogens (tertiary/aromatic N) is 1. The first-order chi connectivity index (χ1) is 8.58. The molecule has 0 bridgehead atoms. The van der Waals surface area contributed by atoms with Gasteiger partial charge in [-0.1, -0.05) is 13.8 Å². The minimum atomic E-state index is -0.540. The molecule has 0 heterocycles. The second-order valence-corrected chi connectivity index (χ2v) is 3.99. The molecule has 4 N–H and O–H groups in total. The molecule has 0 aliphatic heterocycles. The van der Waals surface area contributed by atoms with E-state index in [1.807, 2.05) is 0 Å². The maximum absolute atomic E-state index is 11.1. The molecule has 1 aromatic carbocycles. The van der Waals surface area contributed by atoms with Crippen LogP contribution in [0.1, 0.15) is 24.2 Å². The van der Waals surface area contributed by atoms with E-state index in [0.29, 0.717) is 23.6 Å². The van der Waals surface area contributed by atoms with Gasteiger partial charge in [0.1, 0.15) is 12.4 Å². The molecular weight excluding hydrogens is 230 g/mol. The molecule has 18 heavy (non-hydrogen) atoms. The van der Waals surface area contributed by atoms with Crippen molar-refractivity contribution in [3.8, 4) is 5.75 Å². The van der Waals surface area contributed by atoms with Gasteiger partial charge >= 0.3 is 0 Å². The summed E-state index contributed by atoms with van der Waals surface area (Å²) >= 11 is 0. The second kappa shape index (κ2) is 6.86. The molecular formula is C13H21N3O2. The van der Waals surface area contributed by atoms with Gasteiger partial charge in [-0.15, -0.1) is 0 Å². The number of nitrogen functional groups attached to an aromatic ring is 1. The summed E-state index contributed by atoms with van der Waals surface area (Å²) in [5, 5.41) is 0. The van der Waals surface area contributed by atoms with E-state index < -0.39 is 5.91 Å². The third-order valence-corrected chi connectivity index (χ3v) is 2.86. The molecule has 0 saturated heterocycles. The number of benzene rings is 1. The molecule has 0 saturated carbocycles. The molecule has 0 spiro atoms. The molecule has 100 valence electrons. The number of hydrogen-bond acceptors (Lipinski definition) is 4. The lowest BCUT2D eigenvalue weighted by molar-refractivity contribution is 0.100. The highest BCUT2D eigenvalue weighted by Gasteiger charge is 2.07. The molecule has 0 aliphatic rings.